The predicted octanol–water partition coefficient (Wildman–Crippen LogP) is 4.84. The summed E-state index contributed by atoms with van der Waals surface area (Å²) in [7, 11) is 2.82. The lowest BCUT2D eigenvalue weighted by molar-refractivity contribution is -0.115. The summed E-state index contributed by atoms with van der Waals surface area (Å²) in [5.74, 6) is 0.0436. The number of hydrogen-bond donors (Lipinski definition) is 1. The van der Waals surface area contributed by atoms with Gasteiger partial charge in [-0.15, -0.1) is 0 Å². The molecule has 0 bridgehead atoms. The Balaban J connectivity index is 1.78. The van der Waals surface area contributed by atoms with Gasteiger partial charge in [-0.3, -0.25) is 4.79 Å². The van der Waals surface area contributed by atoms with Crippen LogP contribution in [0.1, 0.15) is 17.5 Å². The molecule has 0 unspecified atom stereocenters. The molecule has 0 saturated carbocycles. The molecule has 1 fully saturated rings. The molecule has 0 spiro atoms. The van der Waals surface area contributed by atoms with E-state index in [2.05, 4.69) is 21.9 Å². The van der Waals surface area contributed by atoms with Crippen LogP contribution in [-0.2, 0) is 9.53 Å². The average molecular weight is 482 g/mol. The summed E-state index contributed by atoms with van der Waals surface area (Å²) < 4.78 is 30.9. The maximum Gasteiger partial charge on any atom is 0.222 e. The van der Waals surface area contributed by atoms with Gasteiger partial charge in [0, 0.05) is 36.4 Å². The summed E-state index contributed by atoms with van der Waals surface area (Å²) in [5, 5.41) is 3.20. The molecule has 1 aromatic heterocycles. The van der Waals surface area contributed by atoms with Gasteiger partial charge >= 0.3 is 0 Å². The Kier molecular flexibility index (Phi) is 8.06. The van der Waals surface area contributed by atoms with Crippen molar-refractivity contribution in [2.24, 2.45) is 5.92 Å². The van der Waals surface area contributed by atoms with Crippen LogP contribution in [0.15, 0.2) is 31.1 Å². The van der Waals surface area contributed by atoms with E-state index in [1.54, 1.807) is 0 Å². The SMILES string of the molecule is C=CC(=O)C[C@@H]1COC[C@@H]1Nc1ncc(/C=C(\F)c2c(Cl)c(OC)cc(OC)c2Cl)cn1. The van der Waals surface area contributed by atoms with Crippen LogP contribution < -0.4 is 14.8 Å². The van der Waals surface area contributed by atoms with E-state index in [0.29, 0.717) is 31.1 Å². The van der Waals surface area contributed by atoms with E-state index in [4.69, 9.17) is 37.4 Å². The van der Waals surface area contributed by atoms with Crippen LogP contribution in [-0.4, -0.2) is 49.2 Å². The first-order valence-corrected chi connectivity index (χ1v) is 10.4. The molecule has 0 amide bonds. The van der Waals surface area contributed by atoms with Crippen molar-refractivity contribution in [2.75, 3.05) is 32.8 Å². The maximum atomic E-state index is 15.1. The number of nitrogens with one attached hydrogen (secondary N) is 1. The quantitative estimate of drug-likeness (QED) is 0.512. The second-order valence-electron chi connectivity index (χ2n) is 7.04. The third kappa shape index (κ3) is 5.38. The lowest BCUT2D eigenvalue weighted by Crippen LogP contribution is -2.30. The van der Waals surface area contributed by atoms with Gasteiger partial charge in [-0.2, -0.15) is 0 Å². The lowest BCUT2D eigenvalue weighted by atomic mass is 9.97. The number of anilines is 1. The van der Waals surface area contributed by atoms with Gasteiger partial charge in [0.15, 0.2) is 5.78 Å². The van der Waals surface area contributed by atoms with Gasteiger partial charge in [0.1, 0.15) is 17.3 Å². The van der Waals surface area contributed by atoms with Crippen molar-refractivity contribution >= 4 is 46.8 Å². The highest BCUT2D eigenvalue weighted by Gasteiger charge is 2.30. The Morgan fingerprint density at radius 2 is 1.88 bits per heavy atom. The summed E-state index contributed by atoms with van der Waals surface area (Å²) in [6.07, 6.45) is 5.75. The molecule has 1 N–H and O–H groups in total. The van der Waals surface area contributed by atoms with Crippen molar-refractivity contribution in [3.05, 3.63) is 52.3 Å². The fourth-order valence-electron chi connectivity index (χ4n) is 3.27. The minimum atomic E-state index is -0.700. The first-order chi connectivity index (χ1) is 15.4. The lowest BCUT2D eigenvalue weighted by Gasteiger charge is -2.17. The second kappa shape index (κ2) is 10.8. The van der Waals surface area contributed by atoms with Gasteiger partial charge < -0.3 is 19.5 Å². The van der Waals surface area contributed by atoms with Crippen LogP contribution in [0.4, 0.5) is 10.3 Å². The number of ether oxygens (including phenoxy) is 3. The predicted molar refractivity (Wildman–Crippen MR) is 122 cm³/mol. The highest BCUT2D eigenvalue weighted by atomic mass is 35.5. The van der Waals surface area contributed by atoms with E-state index in [1.165, 1.54) is 44.8 Å². The van der Waals surface area contributed by atoms with Crippen LogP contribution in [0.3, 0.4) is 0 Å². The molecular formula is C22H22Cl2FN3O4. The number of halogens is 3. The number of methoxy groups -OCH3 is 2. The highest BCUT2D eigenvalue weighted by Crippen LogP contribution is 2.44. The first kappa shape index (κ1) is 24.0. The molecule has 1 saturated heterocycles. The van der Waals surface area contributed by atoms with E-state index in [1.807, 2.05) is 0 Å². The van der Waals surface area contributed by atoms with Crippen LogP contribution in [0.2, 0.25) is 10.0 Å². The molecule has 0 aliphatic carbocycles. The topological polar surface area (TPSA) is 82.6 Å². The first-order valence-electron chi connectivity index (χ1n) is 9.67. The van der Waals surface area contributed by atoms with E-state index >= 15 is 4.39 Å². The molecule has 2 aromatic rings. The molecule has 2 atom stereocenters. The summed E-state index contributed by atoms with van der Waals surface area (Å²) >= 11 is 12.5. The molecular weight excluding hydrogens is 460 g/mol. The number of carbonyl (C=O) groups excluding carboxylic acids is 1. The third-order valence-electron chi connectivity index (χ3n) is 4.98. The van der Waals surface area contributed by atoms with Crippen molar-refractivity contribution in [2.45, 2.75) is 12.5 Å². The van der Waals surface area contributed by atoms with Crippen LogP contribution in [0.25, 0.3) is 11.9 Å². The highest BCUT2D eigenvalue weighted by molar-refractivity contribution is 6.39. The van der Waals surface area contributed by atoms with Gasteiger partial charge in [0.25, 0.3) is 0 Å². The third-order valence-corrected chi connectivity index (χ3v) is 5.73. The van der Waals surface area contributed by atoms with Crippen molar-refractivity contribution in [1.82, 2.24) is 9.97 Å². The zero-order valence-electron chi connectivity index (χ0n) is 17.5. The van der Waals surface area contributed by atoms with Crippen molar-refractivity contribution in [3.63, 3.8) is 0 Å². The normalized spacial score (nSPS) is 18.3. The Morgan fingerprint density at radius 3 is 2.44 bits per heavy atom. The Labute approximate surface area is 195 Å². The van der Waals surface area contributed by atoms with Crippen molar-refractivity contribution < 1.29 is 23.4 Å². The fourth-order valence-corrected chi connectivity index (χ4v) is 3.95. The second-order valence-corrected chi connectivity index (χ2v) is 7.80. The largest absolute Gasteiger partial charge is 0.495 e. The molecule has 1 aromatic carbocycles. The molecule has 32 heavy (non-hydrogen) atoms. The van der Waals surface area contributed by atoms with Crippen LogP contribution >= 0.6 is 23.2 Å². The smallest absolute Gasteiger partial charge is 0.222 e. The average Bonchev–Trinajstić information content (AvgIpc) is 3.21. The summed E-state index contributed by atoms with van der Waals surface area (Å²) in [6.45, 7) is 4.40. The van der Waals surface area contributed by atoms with Gasteiger partial charge in [0.2, 0.25) is 5.95 Å². The molecule has 2 heterocycles. The van der Waals surface area contributed by atoms with E-state index in [-0.39, 0.29) is 44.9 Å². The van der Waals surface area contributed by atoms with E-state index in [0.717, 1.165) is 0 Å². The Bertz CT molecular complexity index is 1000. The van der Waals surface area contributed by atoms with Crippen LogP contribution in [0, 0.1) is 5.92 Å². The van der Waals surface area contributed by atoms with Crippen LogP contribution in [0.5, 0.6) is 11.5 Å². The number of rotatable bonds is 9. The molecule has 1 aliphatic rings. The molecule has 7 nitrogen and oxygen atoms in total. The number of aromatic nitrogens is 2. The summed E-state index contributed by atoms with van der Waals surface area (Å²) in [6, 6.07) is 1.37. The molecule has 10 heteroatoms. The molecule has 1 aliphatic heterocycles. The molecule has 170 valence electrons. The monoisotopic (exact) mass is 481 g/mol. The fraction of sp³-hybridized carbons (Fsp3) is 0.318. The van der Waals surface area contributed by atoms with Gasteiger partial charge in [-0.1, -0.05) is 29.8 Å². The number of allylic oxidation sites excluding steroid dienone is 1. The summed E-state index contributed by atoms with van der Waals surface area (Å²) in [4.78, 5) is 20.1. The number of benzene rings is 1. The number of ketones is 1. The minimum absolute atomic E-state index is 0.00607. The standard InChI is InChI=1S/C22H22Cl2FN3O4/c1-4-14(29)6-13-10-32-11-16(13)28-22-26-8-12(9-27-22)5-15(25)19-20(23)17(30-2)7-18(31-3)21(19)24/h4-5,7-9,13,16H,1,6,10-11H2,2-3H3,(H,26,27,28)/b15-5-/t13-,16+/m1/s1. The Hall–Kier alpha value is -2.68. The Morgan fingerprint density at radius 1 is 1.25 bits per heavy atom. The maximum absolute atomic E-state index is 15.1. The van der Waals surface area contributed by atoms with Gasteiger partial charge in [0.05, 0.1) is 49.1 Å². The molecule has 0 radical (unpaired) electrons. The van der Waals surface area contributed by atoms with Crippen molar-refractivity contribution in [1.29, 1.82) is 0 Å². The number of hydrogen-bond acceptors (Lipinski definition) is 7. The van der Waals surface area contributed by atoms with E-state index in [9.17, 15) is 4.79 Å². The minimum Gasteiger partial charge on any atom is -0.495 e. The zero-order chi connectivity index (χ0) is 23.3. The summed E-state index contributed by atoms with van der Waals surface area (Å²) in [5.41, 5.74) is 0.340. The van der Waals surface area contributed by atoms with Gasteiger partial charge in [-0.05, 0) is 12.2 Å². The number of carbonyl (C=O) groups is 1. The van der Waals surface area contributed by atoms with E-state index < -0.39 is 5.83 Å². The van der Waals surface area contributed by atoms with Gasteiger partial charge in [-0.25, -0.2) is 14.4 Å². The van der Waals surface area contributed by atoms with Crippen molar-refractivity contribution in [3.8, 4) is 11.5 Å². The number of nitrogens with zero attached hydrogens (tertiary/aromatic N) is 2. The molecule has 3 rings (SSSR count). The zero-order valence-corrected chi connectivity index (χ0v) is 19.0.